The molecule has 8 nitrogen and oxygen atoms in total. The van der Waals surface area contributed by atoms with Gasteiger partial charge in [-0.15, -0.1) is 0 Å². The minimum absolute atomic E-state index is 0.0505. The first-order valence-electron chi connectivity index (χ1n) is 13.1. The predicted molar refractivity (Wildman–Crippen MR) is 156 cm³/mol. The van der Waals surface area contributed by atoms with Crippen LogP contribution >= 0.6 is 23.2 Å². The minimum atomic E-state index is -3.89. The number of amides is 2. The van der Waals surface area contributed by atoms with Crippen molar-refractivity contribution in [1.82, 2.24) is 10.2 Å². The van der Waals surface area contributed by atoms with E-state index in [9.17, 15) is 18.0 Å². The van der Waals surface area contributed by atoms with Crippen molar-refractivity contribution in [2.24, 2.45) is 0 Å². The Bertz CT molecular complexity index is 1280. The maximum absolute atomic E-state index is 14.0. The molecule has 2 aromatic carbocycles. The summed E-state index contributed by atoms with van der Waals surface area (Å²) in [5.41, 5.74) is 1.72. The highest BCUT2D eigenvalue weighted by molar-refractivity contribution is 7.92. The first-order valence-corrected chi connectivity index (χ1v) is 15.7. The first kappa shape index (κ1) is 31.0. The fraction of sp³-hybridized carbons (Fsp3) is 0.500. The van der Waals surface area contributed by atoms with E-state index in [2.05, 4.69) is 5.32 Å². The molecule has 1 unspecified atom stereocenters. The molecule has 0 heterocycles. The molecule has 0 aromatic heterocycles. The van der Waals surface area contributed by atoms with Gasteiger partial charge < -0.3 is 15.0 Å². The first-order chi connectivity index (χ1) is 18.4. The SMILES string of the molecule is CCC(C(=O)NC1CCCCC1)N(Cc1ccc(Cl)c(Cl)c1)C(=O)CN(c1cc(C)ccc1OC)S(C)(=O)=O. The summed E-state index contributed by atoms with van der Waals surface area (Å²) in [6, 6.07) is 9.37. The van der Waals surface area contributed by atoms with Crippen molar-refractivity contribution < 1.29 is 22.7 Å². The summed E-state index contributed by atoms with van der Waals surface area (Å²) < 4.78 is 32.3. The number of ether oxygens (including phenoxy) is 1. The van der Waals surface area contributed by atoms with Crippen molar-refractivity contribution in [3.8, 4) is 5.75 Å². The van der Waals surface area contributed by atoms with E-state index in [1.165, 1.54) is 12.0 Å². The molecule has 0 radical (unpaired) electrons. The van der Waals surface area contributed by atoms with Gasteiger partial charge in [0.15, 0.2) is 0 Å². The van der Waals surface area contributed by atoms with E-state index >= 15 is 0 Å². The van der Waals surface area contributed by atoms with E-state index in [4.69, 9.17) is 27.9 Å². The Kier molecular flexibility index (Phi) is 10.9. The van der Waals surface area contributed by atoms with Crippen LogP contribution in [0.4, 0.5) is 5.69 Å². The molecule has 0 bridgehead atoms. The van der Waals surface area contributed by atoms with Crippen LogP contribution in [0.25, 0.3) is 0 Å². The third-order valence-electron chi connectivity index (χ3n) is 6.96. The van der Waals surface area contributed by atoms with Gasteiger partial charge in [0.05, 0.1) is 29.1 Å². The van der Waals surface area contributed by atoms with Crippen molar-refractivity contribution in [3.05, 3.63) is 57.6 Å². The topological polar surface area (TPSA) is 96.0 Å². The molecule has 3 rings (SSSR count). The summed E-state index contributed by atoms with van der Waals surface area (Å²) in [5, 5.41) is 3.81. The number of nitrogens with zero attached hydrogens (tertiary/aromatic N) is 2. The van der Waals surface area contributed by atoms with Crippen molar-refractivity contribution >= 4 is 50.7 Å². The number of hydrogen-bond donors (Lipinski definition) is 1. The monoisotopic (exact) mass is 597 g/mol. The van der Waals surface area contributed by atoms with Gasteiger partial charge in [-0.1, -0.05) is 61.5 Å². The van der Waals surface area contributed by atoms with Gasteiger partial charge in [-0.2, -0.15) is 0 Å². The molecule has 2 amide bonds. The Hall–Kier alpha value is -2.49. The Labute approximate surface area is 241 Å². The molecule has 1 fully saturated rings. The van der Waals surface area contributed by atoms with Crippen LogP contribution in [0.2, 0.25) is 10.0 Å². The molecular formula is C28H37Cl2N3O5S. The molecule has 1 saturated carbocycles. The van der Waals surface area contributed by atoms with Gasteiger partial charge in [-0.3, -0.25) is 13.9 Å². The van der Waals surface area contributed by atoms with E-state index in [0.29, 0.717) is 27.8 Å². The predicted octanol–water partition coefficient (Wildman–Crippen LogP) is 5.33. The van der Waals surface area contributed by atoms with E-state index in [1.54, 1.807) is 36.4 Å². The fourth-order valence-electron chi connectivity index (χ4n) is 4.89. The second kappa shape index (κ2) is 13.7. The lowest BCUT2D eigenvalue weighted by Crippen LogP contribution is -2.54. The normalized spacial score (nSPS) is 14.9. The number of benzene rings is 2. The molecule has 1 N–H and O–H groups in total. The summed E-state index contributed by atoms with van der Waals surface area (Å²) in [6.07, 6.45) is 6.44. The molecular weight excluding hydrogens is 561 g/mol. The summed E-state index contributed by atoms with van der Waals surface area (Å²) in [7, 11) is -2.45. The minimum Gasteiger partial charge on any atom is -0.495 e. The number of hydrogen-bond acceptors (Lipinski definition) is 5. The van der Waals surface area contributed by atoms with Gasteiger partial charge >= 0.3 is 0 Å². The third kappa shape index (κ3) is 8.25. The van der Waals surface area contributed by atoms with Crippen LogP contribution in [0.5, 0.6) is 5.75 Å². The van der Waals surface area contributed by atoms with Crippen LogP contribution in [0, 0.1) is 6.92 Å². The van der Waals surface area contributed by atoms with Crippen molar-refractivity contribution in [2.45, 2.75) is 71.0 Å². The number of halogens is 2. The second-order valence-electron chi connectivity index (χ2n) is 9.98. The Morgan fingerprint density at radius 1 is 1.08 bits per heavy atom. The Morgan fingerprint density at radius 2 is 1.77 bits per heavy atom. The van der Waals surface area contributed by atoms with Crippen LogP contribution in [-0.2, 0) is 26.2 Å². The van der Waals surface area contributed by atoms with Gasteiger partial charge in [-0.05, 0) is 61.6 Å². The van der Waals surface area contributed by atoms with E-state index in [1.807, 2.05) is 13.8 Å². The zero-order chi connectivity index (χ0) is 28.7. The van der Waals surface area contributed by atoms with E-state index in [0.717, 1.165) is 48.2 Å². The molecule has 1 aliphatic rings. The molecule has 0 spiro atoms. The van der Waals surface area contributed by atoms with Crippen LogP contribution in [-0.4, -0.2) is 57.1 Å². The van der Waals surface area contributed by atoms with E-state index < -0.39 is 28.5 Å². The van der Waals surface area contributed by atoms with Gasteiger partial charge in [0, 0.05) is 12.6 Å². The number of aryl methyl sites for hydroxylation is 1. The van der Waals surface area contributed by atoms with Crippen LogP contribution in [0.15, 0.2) is 36.4 Å². The molecule has 214 valence electrons. The van der Waals surface area contributed by atoms with Gasteiger partial charge in [-0.25, -0.2) is 8.42 Å². The highest BCUT2D eigenvalue weighted by Gasteiger charge is 2.33. The standard InChI is InChI=1S/C28H37Cl2N3O5S/c1-5-24(28(35)31-21-9-7-6-8-10-21)32(17-20-12-13-22(29)23(30)16-20)27(34)18-33(39(4,36)37)25-15-19(2)11-14-26(25)38-3/h11-16,21,24H,5-10,17-18H2,1-4H3,(H,31,35). The summed E-state index contributed by atoms with van der Waals surface area (Å²) in [4.78, 5) is 28.9. The molecule has 0 saturated heterocycles. The quantitative estimate of drug-likeness (QED) is 0.377. The molecule has 1 atom stereocenters. The Balaban J connectivity index is 1.98. The number of anilines is 1. The molecule has 0 aliphatic heterocycles. The Morgan fingerprint density at radius 3 is 2.36 bits per heavy atom. The maximum Gasteiger partial charge on any atom is 0.244 e. The number of carbonyl (C=O) groups is 2. The average Bonchev–Trinajstić information content (AvgIpc) is 2.89. The largest absolute Gasteiger partial charge is 0.495 e. The molecule has 11 heteroatoms. The second-order valence-corrected chi connectivity index (χ2v) is 12.7. The lowest BCUT2D eigenvalue weighted by molar-refractivity contribution is -0.140. The average molecular weight is 599 g/mol. The summed E-state index contributed by atoms with van der Waals surface area (Å²) in [5.74, 6) is -0.463. The number of rotatable bonds is 11. The number of nitrogens with one attached hydrogen (secondary N) is 1. The smallest absolute Gasteiger partial charge is 0.244 e. The lowest BCUT2D eigenvalue weighted by Gasteiger charge is -2.34. The summed E-state index contributed by atoms with van der Waals surface area (Å²) in [6.45, 7) is 3.20. The van der Waals surface area contributed by atoms with Crippen molar-refractivity contribution in [1.29, 1.82) is 0 Å². The zero-order valence-corrected chi connectivity index (χ0v) is 25.2. The van der Waals surface area contributed by atoms with Crippen LogP contribution in [0.3, 0.4) is 0 Å². The molecule has 2 aromatic rings. The van der Waals surface area contributed by atoms with Crippen molar-refractivity contribution in [2.75, 3.05) is 24.2 Å². The van der Waals surface area contributed by atoms with Gasteiger partial charge in [0.25, 0.3) is 0 Å². The summed E-state index contributed by atoms with van der Waals surface area (Å²) >= 11 is 12.3. The number of sulfonamides is 1. The fourth-order valence-corrected chi connectivity index (χ4v) is 6.05. The van der Waals surface area contributed by atoms with Crippen LogP contribution in [0.1, 0.15) is 56.6 Å². The number of methoxy groups -OCH3 is 1. The van der Waals surface area contributed by atoms with Gasteiger partial charge in [0.1, 0.15) is 18.3 Å². The lowest BCUT2D eigenvalue weighted by atomic mass is 9.95. The number of carbonyl (C=O) groups excluding carboxylic acids is 2. The van der Waals surface area contributed by atoms with Crippen LogP contribution < -0.4 is 14.4 Å². The highest BCUT2D eigenvalue weighted by Crippen LogP contribution is 2.31. The molecule has 1 aliphatic carbocycles. The zero-order valence-electron chi connectivity index (χ0n) is 22.9. The van der Waals surface area contributed by atoms with Crippen molar-refractivity contribution in [3.63, 3.8) is 0 Å². The third-order valence-corrected chi connectivity index (χ3v) is 8.82. The highest BCUT2D eigenvalue weighted by atomic mass is 35.5. The molecule has 39 heavy (non-hydrogen) atoms. The van der Waals surface area contributed by atoms with Gasteiger partial charge in [0.2, 0.25) is 21.8 Å². The van der Waals surface area contributed by atoms with E-state index in [-0.39, 0.29) is 24.2 Å². The maximum atomic E-state index is 14.0.